The lowest BCUT2D eigenvalue weighted by atomic mass is 9.67. The molecule has 0 unspecified atom stereocenters. The Balaban J connectivity index is 2.18. The van der Waals surface area contributed by atoms with Crippen molar-refractivity contribution in [2.24, 2.45) is 10.4 Å². The molecule has 1 amide bonds. The molecule has 0 spiro atoms. The molecule has 1 aliphatic rings. The molecule has 0 heterocycles. The first kappa shape index (κ1) is 16.8. The van der Waals surface area contributed by atoms with Crippen LogP contribution >= 0.6 is 0 Å². The second-order valence-electron chi connectivity index (χ2n) is 5.66. The van der Waals surface area contributed by atoms with E-state index in [2.05, 4.69) is 27.9 Å². The van der Waals surface area contributed by atoms with E-state index in [4.69, 9.17) is 0 Å². The van der Waals surface area contributed by atoms with Gasteiger partial charge in [-0.2, -0.15) is 0 Å². The highest BCUT2D eigenvalue weighted by Crippen LogP contribution is 2.42. The first-order valence-electron chi connectivity index (χ1n) is 7.87. The van der Waals surface area contributed by atoms with Crippen LogP contribution in [0.4, 0.5) is 0 Å². The Morgan fingerprint density at radius 3 is 2.40 bits per heavy atom. The van der Waals surface area contributed by atoms with Gasteiger partial charge in [0.2, 0.25) is 5.91 Å². The summed E-state index contributed by atoms with van der Waals surface area (Å²) < 4.78 is 0. The third-order valence-electron chi connectivity index (χ3n) is 4.24. The Hall–Kier alpha value is -1.26. The van der Waals surface area contributed by atoms with Crippen molar-refractivity contribution in [1.29, 1.82) is 0 Å². The summed E-state index contributed by atoms with van der Waals surface area (Å²) >= 11 is 0. The highest BCUT2D eigenvalue weighted by atomic mass is 16.1. The van der Waals surface area contributed by atoms with Crippen LogP contribution in [0.15, 0.2) is 4.99 Å². The average molecular weight is 282 g/mol. The molecule has 1 rings (SSSR count). The highest BCUT2D eigenvalue weighted by Gasteiger charge is 2.34. The lowest BCUT2D eigenvalue weighted by Crippen LogP contribution is -2.46. The molecule has 0 atom stereocenters. The lowest BCUT2D eigenvalue weighted by Gasteiger charge is -2.41. The lowest BCUT2D eigenvalue weighted by molar-refractivity contribution is -0.120. The first-order valence-corrected chi connectivity index (χ1v) is 7.87. The number of hydrogen-bond donors (Lipinski definition) is 3. The standard InChI is InChI=1S/C15H30N4O/c1-4-10-17-13(20)7-11-18-14(16-3)19-12-15(5-2)8-6-9-15/h4-12H2,1-3H3,(H,17,20)(H2,16,18,19). The van der Waals surface area contributed by atoms with E-state index < -0.39 is 0 Å². The maximum atomic E-state index is 11.5. The van der Waals surface area contributed by atoms with Crippen molar-refractivity contribution in [2.75, 3.05) is 26.7 Å². The molecule has 0 aromatic heterocycles. The maximum Gasteiger partial charge on any atom is 0.221 e. The molecular weight excluding hydrogens is 252 g/mol. The molecule has 0 aromatic rings. The Morgan fingerprint density at radius 1 is 1.15 bits per heavy atom. The van der Waals surface area contributed by atoms with E-state index in [-0.39, 0.29) is 5.91 Å². The summed E-state index contributed by atoms with van der Waals surface area (Å²) in [6, 6.07) is 0. The zero-order valence-electron chi connectivity index (χ0n) is 13.2. The van der Waals surface area contributed by atoms with Gasteiger partial charge in [-0.1, -0.05) is 20.3 Å². The van der Waals surface area contributed by atoms with Crippen LogP contribution in [0.25, 0.3) is 0 Å². The normalized spacial score (nSPS) is 17.2. The largest absolute Gasteiger partial charge is 0.356 e. The van der Waals surface area contributed by atoms with Crippen molar-refractivity contribution in [2.45, 2.75) is 52.4 Å². The van der Waals surface area contributed by atoms with Crippen molar-refractivity contribution >= 4 is 11.9 Å². The fourth-order valence-corrected chi connectivity index (χ4v) is 2.47. The minimum Gasteiger partial charge on any atom is -0.356 e. The van der Waals surface area contributed by atoms with E-state index in [1.807, 2.05) is 6.92 Å². The zero-order valence-corrected chi connectivity index (χ0v) is 13.2. The van der Waals surface area contributed by atoms with Gasteiger partial charge in [-0.15, -0.1) is 0 Å². The summed E-state index contributed by atoms with van der Waals surface area (Å²) in [5.41, 5.74) is 0.468. The minimum atomic E-state index is 0.0961. The number of nitrogens with zero attached hydrogens (tertiary/aromatic N) is 1. The topological polar surface area (TPSA) is 65.5 Å². The molecule has 0 saturated heterocycles. The van der Waals surface area contributed by atoms with Crippen molar-refractivity contribution in [3.05, 3.63) is 0 Å². The molecular formula is C15H30N4O. The number of guanidine groups is 1. The number of carbonyl (C=O) groups is 1. The van der Waals surface area contributed by atoms with Crippen LogP contribution in [0, 0.1) is 5.41 Å². The number of amides is 1. The smallest absolute Gasteiger partial charge is 0.221 e. The summed E-state index contributed by atoms with van der Waals surface area (Å²) in [6.45, 7) is 6.66. The van der Waals surface area contributed by atoms with Gasteiger partial charge in [0.05, 0.1) is 0 Å². The second-order valence-corrected chi connectivity index (χ2v) is 5.66. The van der Waals surface area contributed by atoms with Crippen LogP contribution in [0.2, 0.25) is 0 Å². The molecule has 0 radical (unpaired) electrons. The van der Waals surface area contributed by atoms with Gasteiger partial charge in [0.25, 0.3) is 0 Å². The van der Waals surface area contributed by atoms with E-state index in [1.54, 1.807) is 7.05 Å². The molecule has 0 aliphatic heterocycles. The fraction of sp³-hybridized carbons (Fsp3) is 0.867. The monoisotopic (exact) mass is 282 g/mol. The van der Waals surface area contributed by atoms with Crippen molar-refractivity contribution < 1.29 is 4.79 Å². The summed E-state index contributed by atoms with van der Waals surface area (Å²) in [7, 11) is 1.77. The van der Waals surface area contributed by atoms with Gasteiger partial charge in [-0.3, -0.25) is 9.79 Å². The van der Waals surface area contributed by atoms with E-state index in [9.17, 15) is 4.79 Å². The van der Waals surface area contributed by atoms with E-state index in [0.717, 1.165) is 25.5 Å². The molecule has 0 aromatic carbocycles. The number of carbonyl (C=O) groups excluding carboxylic acids is 1. The minimum absolute atomic E-state index is 0.0961. The SMILES string of the molecule is CCCNC(=O)CCNC(=NC)NCC1(CC)CCC1. The van der Waals surface area contributed by atoms with Gasteiger partial charge in [0.15, 0.2) is 5.96 Å². The van der Waals surface area contributed by atoms with Crippen molar-refractivity contribution in [3.63, 3.8) is 0 Å². The first-order chi connectivity index (χ1) is 9.65. The summed E-state index contributed by atoms with van der Waals surface area (Å²) in [5.74, 6) is 0.895. The van der Waals surface area contributed by atoms with E-state index >= 15 is 0 Å². The molecule has 0 bridgehead atoms. The Kier molecular flexibility index (Phi) is 7.41. The average Bonchev–Trinajstić information content (AvgIpc) is 2.42. The molecule has 20 heavy (non-hydrogen) atoms. The number of aliphatic imine (C=N–C) groups is 1. The van der Waals surface area contributed by atoms with Gasteiger partial charge in [0, 0.05) is 33.1 Å². The highest BCUT2D eigenvalue weighted by molar-refractivity contribution is 5.81. The molecule has 5 heteroatoms. The van der Waals surface area contributed by atoms with E-state index in [1.165, 1.54) is 25.7 Å². The number of nitrogens with one attached hydrogen (secondary N) is 3. The summed E-state index contributed by atoms with van der Waals surface area (Å²) in [4.78, 5) is 15.7. The molecule has 5 nitrogen and oxygen atoms in total. The maximum absolute atomic E-state index is 11.5. The van der Waals surface area contributed by atoms with Crippen LogP contribution in [0.3, 0.4) is 0 Å². The van der Waals surface area contributed by atoms with Crippen LogP contribution < -0.4 is 16.0 Å². The van der Waals surface area contributed by atoms with Gasteiger partial charge in [-0.25, -0.2) is 0 Å². The third-order valence-corrected chi connectivity index (χ3v) is 4.24. The number of hydrogen-bond acceptors (Lipinski definition) is 2. The Labute approximate surface area is 123 Å². The number of rotatable bonds is 8. The van der Waals surface area contributed by atoms with Gasteiger partial charge in [-0.05, 0) is 31.1 Å². The summed E-state index contributed by atoms with van der Waals surface area (Å²) in [5, 5.41) is 9.46. The Bertz CT molecular complexity index is 318. The van der Waals surface area contributed by atoms with Gasteiger partial charge >= 0.3 is 0 Å². The van der Waals surface area contributed by atoms with Crippen LogP contribution in [0.1, 0.15) is 52.4 Å². The molecule has 116 valence electrons. The van der Waals surface area contributed by atoms with E-state index in [0.29, 0.717) is 18.4 Å². The van der Waals surface area contributed by atoms with Crippen LogP contribution in [0.5, 0.6) is 0 Å². The summed E-state index contributed by atoms with van der Waals surface area (Å²) in [6.07, 6.45) is 6.65. The fourth-order valence-electron chi connectivity index (χ4n) is 2.47. The quantitative estimate of drug-likeness (QED) is 0.468. The predicted octanol–water partition coefficient (Wildman–Crippen LogP) is 1.65. The predicted molar refractivity (Wildman–Crippen MR) is 83.9 cm³/mol. The Morgan fingerprint density at radius 2 is 1.90 bits per heavy atom. The van der Waals surface area contributed by atoms with Gasteiger partial charge < -0.3 is 16.0 Å². The van der Waals surface area contributed by atoms with Gasteiger partial charge in [0.1, 0.15) is 0 Å². The molecule has 1 saturated carbocycles. The molecule has 3 N–H and O–H groups in total. The zero-order chi connectivity index (χ0) is 14.8. The van der Waals surface area contributed by atoms with Crippen molar-refractivity contribution in [3.8, 4) is 0 Å². The molecule has 1 aliphatic carbocycles. The molecule has 1 fully saturated rings. The second kappa shape index (κ2) is 8.82. The van der Waals surface area contributed by atoms with Crippen LogP contribution in [-0.2, 0) is 4.79 Å². The van der Waals surface area contributed by atoms with Crippen molar-refractivity contribution in [1.82, 2.24) is 16.0 Å². The third kappa shape index (κ3) is 5.39. The van der Waals surface area contributed by atoms with Crippen LogP contribution in [-0.4, -0.2) is 38.5 Å².